The maximum atomic E-state index is 9.21. The second-order valence-electron chi connectivity index (χ2n) is 4.60. The average molecular weight is 236 g/mol. The zero-order chi connectivity index (χ0) is 12.3. The molecule has 1 aromatic rings. The van der Waals surface area contributed by atoms with Crippen LogP contribution in [-0.2, 0) is 13.0 Å². The third-order valence-electron chi connectivity index (χ3n) is 3.19. The first-order valence-electron chi connectivity index (χ1n) is 6.03. The first kappa shape index (κ1) is 12.4. The second-order valence-corrected chi connectivity index (χ2v) is 4.60. The molecule has 17 heavy (non-hydrogen) atoms. The van der Waals surface area contributed by atoms with Gasteiger partial charge in [0.25, 0.3) is 0 Å². The zero-order valence-electron chi connectivity index (χ0n) is 10.2. The molecule has 0 spiro atoms. The van der Waals surface area contributed by atoms with Crippen LogP contribution in [0.25, 0.3) is 0 Å². The summed E-state index contributed by atoms with van der Waals surface area (Å²) >= 11 is 0. The van der Waals surface area contributed by atoms with Gasteiger partial charge in [-0.15, -0.1) is 0 Å². The summed E-state index contributed by atoms with van der Waals surface area (Å²) in [6.07, 6.45) is 0.439. The highest BCUT2D eigenvalue weighted by Crippen LogP contribution is 2.27. The molecule has 1 aliphatic rings. The Balaban J connectivity index is 1.90. The van der Waals surface area contributed by atoms with Crippen molar-refractivity contribution in [1.29, 1.82) is 0 Å². The van der Waals surface area contributed by atoms with Crippen molar-refractivity contribution in [3.05, 3.63) is 29.3 Å². The summed E-state index contributed by atoms with van der Waals surface area (Å²) < 4.78 is 0. The summed E-state index contributed by atoms with van der Waals surface area (Å²) in [5.74, 6) is 0. The van der Waals surface area contributed by atoms with Crippen LogP contribution in [-0.4, -0.2) is 43.1 Å². The largest absolute Gasteiger partial charge is 0.394 e. The van der Waals surface area contributed by atoms with E-state index >= 15 is 0 Å². The lowest BCUT2D eigenvalue weighted by Crippen LogP contribution is -2.28. The summed E-state index contributed by atoms with van der Waals surface area (Å²) in [6.45, 7) is 2.05. The van der Waals surface area contributed by atoms with Gasteiger partial charge in [0.1, 0.15) is 0 Å². The highest BCUT2D eigenvalue weighted by molar-refractivity contribution is 5.58. The number of benzene rings is 1. The molecule has 4 heteroatoms. The van der Waals surface area contributed by atoms with Gasteiger partial charge in [-0.25, -0.2) is 0 Å². The van der Waals surface area contributed by atoms with Crippen molar-refractivity contribution in [3.8, 4) is 0 Å². The van der Waals surface area contributed by atoms with E-state index in [1.807, 2.05) is 0 Å². The number of fused-ring (bicyclic) bond motifs is 1. The number of nitrogens with one attached hydrogen (secondary N) is 1. The minimum absolute atomic E-state index is 0.192. The van der Waals surface area contributed by atoms with Gasteiger partial charge in [0.15, 0.2) is 0 Å². The lowest BCUT2D eigenvalue weighted by molar-refractivity contribution is 0.0942. The molecular weight excluding hydrogens is 216 g/mol. The zero-order valence-corrected chi connectivity index (χ0v) is 10.2. The van der Waals surface area contributed by atoms with E-state index in [2.05, 4.69) is 35.5 Å². The summed E-state index contributed by atoms with van der Waals surface area (Å²) in [5, 5.41) is 21.0. The van der Waals surface area contributed by atoms with Crippen LogP contribution in [0.3, 0.4) is 0 Å². The van der Waals surface area contributed by atoms with Crippen LogP contribution in [0.5, 0.6) is 0 Å². The van der Waals surface area contributed by atoms with Gasteiger partial charge in [0.2, 0.25) is 0 Å². The molecule has 0 saturated carbocycles. The molecule has 4 nitrogen and oxygen atoms in total. The number of anilines is 1. The third kappa shape index (κ3) is 2.97. The van der Waals surface area contributed by atoms with Crippen LogP contribution in [0, 0.1) is 0 Å². The molecule has 94 valence electrons. The van der Waals surface area contributed by atoms with Crippen molar-refractivity contribution in [3.63, 3.8) is 0 Å². The fraction of sp³-hybridized carbons (Fsp3) is 0.538. The Bertz CT molecular complexity index is 382. The molecule has 0 fully saturated rings. The normalized spacial score (nSPS) is 16.1. The van der Waals surface area contributed by atoms with Crippen molar-refractivity contribution in [1.82, 2.24) is 5.32 Å². The number of hydrogen-bond acceptors (Lipinski definition) is 4. The number of hydrogen-bond donors (Lipinski definition) is 3. The van der Waals surface area contributed by atoms with Gasteiger partial charge in [0.05, 0.1) is 12.7 Å². The lowest BCUT2D eigenvalue weighted by Gasteiger charge is -2.13. The van der Waals surface area contributed by atoms with E-state index in [1.165, 1.54) is 16.8 Å². The highest BCUT2D eigenvalue weighted by Gasteiger charge is 2.15. The highest BCUT2D eigenvalue weighted by atomic mass is 16.3. The van der Waals surface area contributed by atoms with E-state index < -0.39 is 6.10 Å². The molecule has 0 radical (unpaired) electrons. The number of aliphatic hydroxyl groups excluding tert-OH is 2. The first-order chi connectivity index (χ1) is 8.20. The Morgan fingerprint density at radius 1 is 1.47 bits per heavy atom. The van der Waals surface area contributed by atoms with E-state index in [0.717, 1.165) is 19.5 Å². The molecule has 1 aliphatic heterocycles. The Labute approximate surface area is 102 Å². The van der Waals surface area contributed by atoms with E-state index in [4.69, 9.17) is 5.11 Å². The van der Waals surface area contributed by atoms with Crippen molar-refractivity contribution in [2.24, 2.45) is 0 Å². The van der Waals surface area contributed by atoms with E-state index in [1.54, 1.807) is 0 Å². The minimum atomic E-state index is -0.671. The minimum Gasteiger partial charge on any atom is -0.394 e. The Morgan fingerprint density at radius 2 is 2.29 bits per heavy atom. The maximum Gasteiger partial charge on any atom is 0.0895 e. The van der Waals surface area contributed by atoms with Gasteiger partial charge in [-0.2, -0.15) is 0 Å². The van der Waals surface area contributed by atoms with Gasteiger partial charge in [-0.1, -0.05) is 12.1 Å². The first-order valence-corrected chi connectivity index (χ1v) is 6.03. The Hall–Kier alpha value is -1.10. The predicted octanol–water partition coefficient (Wildman–Crippen LogP) is 0.122. The second kappa shape index (κ2) is 5.49. The van der Waals surface area contributed by atoms with Gasteiger partial charge in [-0.3, -0.25) is 0 Å². The number of rotatable bonds is 5. The van der Waals surface area contributed by atoms with Crippen molar-refractivity contribution in [2.75, 3.05) is 31.6 Å². The predicted molar refractivity (Wildman–Crippen MR) is 68.2 cm³/mol. The molecule has 0 amide bonds. The molecule has 0 bridgehead atoms. The Kier molecular flexibility index (Phi) is 3.99. The standard InChI is InChI=1S/C13H20N2O2/c1-15-5-4-11-6-10(2-3-13(11)15)7-14-8-12(17)9-16/h2-3,6,12,14,16-17H,4-5,7-9H2,1H3. The average Bonchev–Trinajstić information content (AvgIpc) is 2.70. The third-order valence-corrected chi connectivity index (χ3v) is 3.19. The molecular formula is C13H20N2O2. The molecule has 1 atom stereocenters. The molecule has 0 aliphatic carbocycles. The quantitative estimate of drug-likeness (QED) is 0.680. The maximum absolute atomic E-state index is 9.21. The molecule has 0 aromatic heterocycles. The van der Waals surface area contributed by atoms with E-state index in [-0.39, 0.29) is 6.61 Å². The smallest absolute Gasteiger partial charge is 0.0895 e. The van der Waals surface area contributed by atoms with Crippen molar-refractivity contribution in [2.45, 2.75) is 19.1 Å². The van der Waals surface area contributed by atoms with Crippen molar-refractivity contribution < 1.29 is 10.2 Å². The number of likely N-dealkylation sites (N-methyl/N-ethyl adjacent to an activating group) is 1. The van der Waals surface area contributed by atoms with Gasteiger partial charge in [-0.05, 0) is 23.6 Å². The molecule has 1 aromatic carbocycles. The van der Waals surface area contributed by atoms with Crippen LogP contribution in [0.4, 0.5) is 5.69 Å². The molecule has 0 saturated heterocycles. The summed E-state index contributed by atoms with van der Waals surface area (Å²) in [4.78, 5) is 2.27. The lowest BCUT2D eigenvalue weighted by atomic mass is 10.1. The van der Waals surface area contributed by atoms with Gasteiger partial charge in [0, 0.05) is 32.4 Å². The summed E-state index contributed by atoms with van der Waals surface area (Å²) in [7, 11) is 2.11. The van der Waals surface area contributed by atoms with E-state index in [9.17, 15) is 5.11 Å². The molecule has 2 rings (SSSR count). The summed E-state index contributed by atoms with van der Waals surface area (Å²) in [5.41, 5.74) is 3.95. The van der Waals surface area contributed by atoms with Crippen LogP contribution in [0.2, 0.25) is 0 Å². The van der Waals surface area contributed by atoms with Gasteiger partial charge < -0.3 is 20.4 Å². The Morgan fingerprint density at radius 3 is 3.06 bits per heavy atom. The van der Waals surface area contributed by atoms with E-state index in [0.29, 0.717) is 6.54 Å². The van der Waals surface area contributed by atoms with Crippen molar-refractivity contribution >= 4 is 5.69 Å². The number of nitrogens with zero attached hydrogens (tertiary/aromatic N) is 1. The van der Waals surface area contributed by atoms with Gasteiger partial charge >= 0.3 is 0 Å². The van der Waals surface area contributed by atoms with Crippen LogP contribution in [0.1, 0.15) is 11.1 Å². The fourth-order valence-corrected chi connectivity index (χ4v) is 2.18. The molecule has 3 N–H and O–H groups in total. The fourth-order valence-electron chi connectivity index (χ4n) is 2.18. The van der Waals surface area contributed by atoms with Crippen LogP contribution >= 0.6 is 0 Å². The monoisotopic (exact) mass is 236 g/mol. The number of aliphatic hydroxyl groups is 2. The molecule has 1 heterocycles. The SMILES string of the molecule is CN1CCc2cc(CNCC(O)CO)ccc21. The summed E-state index contributed by atoms with van der Waals surface area (Å²) in [6, 6.07) is 6.48. The topological polar surface area (TPSA) is 55.7 Å². The van der Waals surface area contributed by atoms with Crippen LogP contribution in [0.15, 0.2) is 18.2 Å². The van der Waals surface area contributed by atoms with Crippen LogP contribution < -0.4 is 10.2 Å². The molecule has 1 unspecified atom stereocenters.